The molecule has 0 N–H and O–H groups in total. The van der Waals surface area contributed by atoms with Crippen LogP contribution in [0.25, 0.3) is 0 Å². The van der Waals surface area contributed by atoms with E-state index in [1.54, 1.807) is 0 Å². The molecular weight excluding hydrogens is 476 g/mol. The van der Waals surface area contributed by atoms with E-state index in [0.29, 0.717) is 6.42 Å². The van der Waals surface area contributed by atoms with Crippen molar-refractivity contribution < 1.29 is 18.8 Å². The van der Waals surface area contributed by atoms with Gasteiger partial charge in [-0.3, -0.25) is 4.79 Å². The van der Waals surface area contributed by atoms with Crippen LogP contribution in [0.1, 0.15) is 83.8 Å². The summed E-state index contributed by atoms with van der Waals surface area (Å²) in [5.74, 6) is 0.287. The van der Waals surface area contributed by atoms with Gasteiger partial charge in [-0.1, -0.05) is 57.2 Å². The molecule has 4 nitrogen and oxygen atoms in total. The van der Waals surface area contributed by atoms with Crippen LogP contribution in [0.3, 0.4) is 0 Å². The van der Waals surface area contributed by atoms with Crippen LogP contribution < -0.4 is 0 Å². The van der Waals surface area contributed by atoms with Gasteiger partial charge in [0.05, 0.1) is 13.2 Å². The molecule has 1 aliphatic carbocycles. The van der Waals surface area contributed by atoms with Crippen molar-refractivity contribution in [2.24, 2.45) is 5.92 Å². The lowest BCUT2D eigenvalue weighted by atomic mass is 9.82. The SMILES string of the molecule is COC(=O)CCC/C=C\C[C@@H]1[C@@H](c2ccc(C(C)(C)C=O)cc2)[C@@H](O[Si](C)(C)C(C)(C)C)C[C@H]1Cl. The molecule has 0 spiro atoms. The van der Waals surface area contributed by atoms with Crippen LogP contribution >= 0.6 is 11.6 Å². The number of hydrogen-bond acceptors (Lipinski definition) is 4. The summed E-state index contributed by atoms with van der Waals surface area (Å²) in [7, 11) is -0.556. The molecule has 0 amide bonds. The zero-order valence-corrected chi connectivity index (χ0v) is 24.7. The summed E-state index contributed by atoms with van der Waals surface area (Å²) < 4.78 is 11.7. The van der Waals surface area contributed by atoms with E-state index >= 15 is 0 Å². The molecule has 35 heavy (non-hydrogen) atoms. The molecule has 0 saturated heterocycles. The second kappa shape index (κ2) is 12.2. The van der Waals surface area contributed by atoms with Crippen molar-refractivity contribution >= 4 is 32.2 Å². The average Bonchev–Trinajstić information content (AvgIpc) is 3.09. The van der Waals surface area contributed by atoms with Crippen molar-refractivity contribution in [2.75, 3.05) is 7.11 Å². The molecule has 0 bridgehead atoms. The van der Waals surface area contributed by atoms with E-state index in [1.807, 2.05) is 13.8 Å². The van der Waals surface area contributed by atoms with Crippen LogP contribution in [0, 0.1) is 5.92 Å². The number of benzene rings is 1. The van der Waals surface area contributed by atoms with E-state index in [2.05, 4.69) is 70.3 Å². The second-order valence-electron chi connectivity index (χ2n) is 12.0. The first-order valence-electron chi connectivity index (χ1n) is 12.8. The zero-order valence-electron chi connectivity index (χ0n) is 22.9. The maximum Gasteiger partial charge on any atom is 0.305 e. The van der Waals surface area contributed by atoms with E-state index in [-0.39, 0.29) is 34.3 Å². The third-order valence-electron chi connectivity index (χ3n) is 7.92. The van der Waals surface area contributed by atoms with Crippen LogP contribution in [-0.2, 0) is 24.2 Å². The molecule has 0 radical (unpaired) electrons. The van der Waals surface area contributed by atoms with Gasteiger partial charge in [0.1, 0.15) is 6.29 Å². The maximum absolute atomic E-state index is 11.5. The second-order valence-corrected chi connectivity index (χ2v) is 17.3. The summed E-state index contributed by atoms with van der Waals surface area (Å²) in [5.41, 5.74) is 1.74. The highest BCUT2D eigenvalue weighted by Crippen LogP contribution is 2.49. The summed E-state index contributed by atoms with van der Waals surface area (Å²) in [6.45, 7) is 15.3. The molecule has 1 aromatic rings. The Morgan fingerprint density at radius 3 is 2.29 bits per heavy atom. The quantitative estimate of drug-likeness (QED) is 0.0754. The molecule has 0 unspecified atom stereocenters. The van der Waals surface area contributed by atoms with Crippen molar-refractivity contribution in [3.8, 4) is 0 Å². The number of ether oxygens (including phenoxy) is 1. The number of aldehydes is 1. The number of allylic oxidation sites excluding steroid dienone is 2. The van der Waals surface area contributed by atoms with Gasteiger partial charge in [0.2, 0.25) is 0 Å². The third-order valence-corrected chi connectivity index (χ3v) is 12.9. The smallest absolute Gasteiger partial charge is 0.305 e. The predicted molar refractivity (Wildman–Crippen MR) is 148 cm³/mol. The number of unbranched alkanes of at least 4 members (excludes halogenated alkanes) is 1. The molecule has 0 heterocycles. The Hall–Kier alpha value is -1.43. The van der Waals surface area contributed by atoms with Crippen LogP contribution in [0.4, 0.5) is 0 Å². The predicted octanol–water partition coefficient (Wildman–Crippen LogP) is 7.55. The van der Waals surface area contributed by atoms with E-state index in [9.17, 15) is 9.59 Å². The Kier molecular flexibility index (Phi) is 10.4. The van der Waals surface area contributed by atoms with Crippen LogP contribution in [-0.4, -0.2) is 39.2 Å². The summed E-state index contributed by atoms with van der Waals surface area (Å²) in [5, 5.41) is 0.148. The Morgan fingerprint density at radius 1 is 1.11 bits per heavy atom. The number of alkyl halides is 1. The zero-order chi connectivity index (χ0) is 26.4. The minimum Gasteiger partial charge on any atom is -0.469 e. The Morgan fingerprint density at radius 2 is 1.74 bits per heavy atom. The van der Waals surface area contributed by atoms with Crippen LogP contribution in [0.5, 0.6) is 0 Å². The van der Waals surface area contributed by atoms with E-state index in [4.69, 9.17) is 20.8 Å². The normalized spacial score (nSPS) is 23.6. The number of carbonyl (C=O) groups is 2. The highest BCUT2D eigenvalue weighted by Gasteiger charge is 2.48. The molecule has 1 fully saturated rings. The summed E-state index contributed by atoms with van der Waals surface area (Å²) in [4.78, 5) is 22.9. The van der Waals surface area contributed by atoms with Gasteiger partial charge in [0.25, 0.3) is 0 Å². The van der Waals surface area contributed by atoms with Crippen LogP contribution in [0.15, 0.2) is 36.4 Å². The van der Waals surface area contributed by atoms with Crippen molar-refractivity contribution in [1.29, 1.82) is 0 Å². The highest BCUT2D eigenvalue weighted by atomic mass is 35.5. The van der Waals surface area contributed by atoms with E-state index in [0.717, 1.165) is 37.5 Å². The molecule has 2 rings (SSSR count). The Balaban J connectivity index is 2.27. The van der Waals surface area contributed by atoms with Crippen molar-refractivity contribution in [1.82, 2.24) is 0 Å². The molecule has 6 heteroatoms. The lowest BCUT2D eigenvalue weighted by Crippen LogP contribution is -2.44. The van der Waals surface area contributed by atoms with Crippen molar-refractivity contribution in [3.05, 3.63) is 47.5 Å². The van der Waals surface area contributed by atoms with Gasteiger partial charge in [0, 0.05) is 23.1 Å². The molecule has 196 valence electrons. The first kappa shape index (κ1) is 29.8. The van der Waals surface area contributed by atoms with Gasteiger partial charge in [-0.2, -0.15) is 0 Å². The number of hydrogen-bond donors (Lipinski definition) is 0. The molecule has 0 aliphatic heterocycles. The number of halogens is 1. The Bertz CT molecular complexity index is 870. The summed E-state index contributed by atoms with van der Waals surface area (Å²) in [6.07, 6.45) is 9.22. The first-order chi connectivity index (χ1) is 16.2. The molecule has 1 aliphatic rings. The number of esters is 1. The number of carbonyl (C=O) groups excluding carboxylic acids is 2. The monoisotopic (exact) mass is 520 g/mol. The average molecular weight is 521 g/mol. The van der Waals surface area contributed by atoms with Gasteiger partial charge in [-0.15, -0.1) is 11.6 Å². The van der Waals surface area contributed by atoms with Crippen LogP contribution in [0.2, 0.25) is 18.1 Å². The topological polar surface area (TPSA) is 52.6 Å². The van der Waals surface area contributed by atoms with Crippen molar-refractivity contribution in [3.63, 3.8) is 0 Å². The third kappa shape index (κ3) is 7.77. The fraction of sp³-hybridized carbons (Fsp3) is 0.655. The minimum absolute atomic E-state index is 0.0283. The number of rotatable bonds is 11. The largest absolute Gasteiger partial charge is 0.469 e. The van der Waals surface area contributed by atoms with E-state index in [1.165, 1.54) is 12.7 Å². The standard InChI is InChI=1S/C29H45ClO4Si/c1-28(2,3)35(7,8)34-25-19-24(30)23(13-11-9-10-12-14-26(32)33-6)27(25)21-15-17-22(18-16-21)29(4,5)20-31/h9,11,15-18,20,23-25,27H,10,12-14,19H2,1-8H3/b11-9-/t23-,24+,25-,27+/m0/s1. The van der Waals surface area contributed by atoms with Gasteiger partial charge in [0.15, 0.2) is 8.32 Å². The Labute approximate surface area is 218 Å². The van der Waals surface area contributed by atoms with Gasteiger partial charge < -0.3 is 14.0 Å². The molecule has 4 atom stereocenters. The molecule has 0 aromatic heterocycles. The molecule has 1 saturated carbocycles. The number of methoxy groups -OCH3 is 1. The molecule has 1 aromatic carbocycles. The lowest BCUT2D eigenvalue weighted by molar-refractivity contribution is -0.140. The minimum atomic E-state index is -1.98. The van der Waals surface area contributed by atoms with E-state index < -0.39 is 13.7 Å². The fourth-order valence-corrected chi connectivity index (χ4v) is 6.31. The summed E-state index contributed by atoms with van der Waals surface area (Å²) >= 11 is 6.98. The first-order valence-corrected chi connectivity index (χ1v) is 16.2. The van der Waals surface area contributed by atoms with Crippen molar-refractivity contribution in [2.45, 2.75) is 108 Å². The lowest BCUT2D eigenvalue weighted by Gasteiger charge is -2.40. The van der Waals surface area contributed by atoms with Gasteiger partial charge in [-0.25, -0.2) is 0 Å². The highest BCUT2D eigenvalue weighted by molar-refractivity contribution is 6.74. The summed E-state index contributed by atoms with van der Waals surface area (Å²) in [6, 6.07) is 8.48. The van der Waals surface area contributed by atoms with Gasteiger partial charge in [-0.05, 0) is 74.7 Å². The maximum atomic E-state index is 11.5. The fourth-order valence-electron chi connectivity index (χ4n) is 4.52. The van der Waals surface area contributed by atoms with Gasteiger partial charge >= 0.3 is 5.97 Å². The molecular formula is C29H45ClO4Si.